The largest absolute Gasteiger partial charge is 0.465 e. The molecule has 1 aliphatic heterocycles. The fraction of sp³-hybridized carbons (Fsp3) is 0.381. The third kappa shape index (κ3) is 4.91. The van der Waals surface area contributed by atoms with Gasteiger partial charge in [-0.3, -0.25) is 0 Å². The number of esters is 1. The van der Waals surface area contributed by atoms with Crippen LogP contribution in [0.3, 0.4) is 0 Å². The van der Waals surface area contributed by atoms with Gasteiger partial charge >= 0.3 is 5.97 Å². The molecule has 28 heavy (non-hydrogen) atoms. The number of carbonyl (C=O) groups excluding carboxylic acids is 1. The molecule has 0 saturated carbocycles. The van der Waals surface area contributed by atoms with Crippen LogP contribution in [0.1, 0.15) is 35.7 Å². The Morgan fingerprint density at radius 3 is 2.64 bits per heavy atom. The van der Waals surface area contributed by atoms with Gasteiger partial charge in [-0.2, -0.15) is 0 Å². The molecule has 1 saturated heterocycles. The van der Waals surface area contributed by atoms with E-state index >= 15 is 0 Å². The van der Waals surface area contributed by atoms with Crippen LogP contribution < -0.4 is 9.62 Å². The van der Waals surface area contributed by atoms with Gasteiger partial charge < -0.3 is 9.64 Å². The molecule has 7 heteroatoms. The molecule has 150 valence electrons. The lowest BCUT2D eigenvalue weighted by Crippen LogP contribution is -2.34. The number of sulfonamides is 1. The Kier molecular flexibility index (Phi) is 6.36. The van der Waals surface area contributed by atoms with Crippen molar-refractivity contribution < 1.29 is 17.9 Å². The average Bonchev–Trinajstić information content (AvgIpc) is 2.72. The van der Waals surface area contributed by atoms with Crippen molar-refractivity contribution in [3.63, 3.8) is 0 Å². The fourth-order valence-corrected chi connectivity index (χ4v) is 4.48. The predicted molar refractivity (Wildman–Crippen MR) is 109 cm³/mol. The summed E-state index contributed by atoms with van der Waals surface area (Å²) in [6.45, 7) is 4.57. The Bertz CT molecular complexity index is 926. The Morgan fingerprint density at radius 2 is 1.96 bits per heavy atom. The third-order valence-corrected chi connectivity index (χ3v) is 6.39. The van der Waals surface area contributed by atoms with Gasteiger partial charge in [-0.1, -0.05) is 25.1 Å². The second kappa shape index (κ2) is 8.75. The molecular weight excluding hydrogens is 376 g/mol. The number of benzene rings is 2. The molecule has 1 aliphatic rings. The molecule has 0 amide bonds. The van der Waals surface area contributed by atoms with Gasteiger partial charge in [0.05, 0.1) is 17.6 Å². The zero-order chi connectivity index (χ0) is 20.1. The molecule has 0 radical (unpaired) electrons. The van der Waals surface area contributed by atoms with Crippen molar-refractivity contribution in [3.05, 3.63) is 59.7 Å². The van der Waals surface area contributed by atoms with Crippen molar-refractivity contribution in [2.75, 3.05) is 25.1 Å². The first-order valence-corrected chi connectivity index (χ1v) is 10.9. The van der Waals surface area contributed by atoms with Crippen molar-refractivity contribution in [3.8, 4) is 0 Å². The average molecular weight is 403 g/mol. The molecule has 0 unspecified atom stereocenters. The zero-order valence-corrected chi connectivity index (χ0v) is 17.0. The highest BCUT2D eigenvalue weighted by Crippen LogP contribution is 2.23. The monoisotopic (exact) mass is 402 g/mol. The van der Waals surface area contributed by atoms with E-state index in [0.29, 0.717) is 5.92 Å². The van der Waals surface area contributed by atoms with Gasteiger partial charge in [-0.05, 0) is 54.7 Å². The van der Waals surface area contributed by atoms with Crippen LogP contribution in [0, 0.1) is 5.92 Å². The number of anilines is 1. The maximum absolute atomic E-state index is 12.5. The van der Waals surface area contributed by atoms with Gasteiger partial charge in [0.2, 0.25) is 10.0 Å². The maximum atomic E-state index is 12.5. The Balaban J connectivity index is 1.65. The molecule has 0 aliphatic carbocycles. The van der Waals surface area contributed by atoms with Gasteiger partial charge in [0.1, 0.15) is 0 Å². The molecule has 0 spiro atoms. The van der Waals surface area contributed by atoms with Crippen molar-refractivity contribution in [1.82, 2.24) is 4.72 Å². The lowest BCUT2D eigenvalue weighted by molar-refractivity contribution is 0.0600. The number of rotatable bonds is 6. The highest BCUT2D eigenvalue weighted by molar-refractivity contribution is 7.89. The number of carbonyl (C=O) groups is 1. The first-order valence-electron chi connectivity index (χ1n) is 9.41. The van der Waals surface area contributed by atoms with E-state index < -0.39 is 16.0 Å². The number of hydrogen-bond acceptors (Lipinski definition) is 5. The molecular formula is C21H26N2O4S. The first kappa shape index (κ1) is 20.4. The van der Waals surface area contributed by atoms with E-state index in [9.17, 15) is 13.2 Å². The molecule has 3 rings (SSSR count). The number of nitrogens with one attached hydrogen (secondary N) is 1. The molecule has 1 fully saturated rings. The minimum absolute atomic E-state index is 0.0364. The first-order chi connectivity index (χ1) is 13.4. The van der Waals surface area contributed by atoms with Crippen molar-refractivity contribution in [2.24, 2.45) is 5.92 Å². The number of methoxy groups -OCH3 is 1. The summed E-state index contributed by atoms with van der Waals surface area (Å²) < 4.78 is 32.3. The van der Waals surface area contributed by atoms with Crippen LogP contribution in [0.15, 0.2) is 53.4 Å². The van der Waals surface area contributed by atoms with Crippen molar-refractivity contribution in [1.29, 1.82) is 0 Å². The number of piperidine rings is 1. The Morgan fingerprint density at radius 1 is 1.21 bits per heavy atom. The summed E-state index contributed by atoms with van der Waals surface area (Å²) in [5.74, 6) is 0.126. The van der Waals surface area contributed by atoms with Crippen LogP contribution in [0.5, 0.6) is 0 Å². The minimum atomic E-state index is -3.73. The van der Waals surface area contributed by atoms with E-state index in [-0.39, 0.29) is 17.0 Å². The summed E-state index contributed by atoms with van der Waals surface area (Å²) in [5.41, 5.74) is 2.25. The topological polar surface area (TPSA) is 75.7 Å². The van der Waals surface area contributed by atoms with Gasteiger partial charge in [0.25, 0.3) is 0 Å². The molecule has 0 bridgehead atoms. The SMILES string of the molecule is COC(=O)c1cccc(S(=O)(=O)NCc2ccc(N3CCC[C@H](C)C3)cc2)c1. The van der Waals surface area contributed by atoms with Crippen LogP contribution in [-0.2, 0) is 21.3 Å². The summed E-state index contributed by atoms with van der Waals surface area (Å²) in [6.07, 6.45) is 2.47. The number of nitrogens with zero attached hydrogens (tertiary/aromatic N) is 1. The van der Waals surface area contributed by atoms with E-state index in [0.717, 1.165) is 18.7 Å². The van der Waals surface area contributed by atoms with Crippen LogP contribution in [-0.4, -0.2) is 34.6 Å². The highest BCUT2D eigenvalue weighted by atomic mass is 32.2. The Hall–Kier alpha value is -2.38. The minimum Gasteiger partial charge on any atom is -0.465 e. The zero-order valence-electron chi connectivity index (χ0n) is 16.2. The molecule has 2 aromatic carbocycles. The molecule has 6 nitrogen and oxygen atoms in total. The van der Waals surface area contributed by atoms with Crippen LogP contribution >= 0.6 is 0 Å². The molecule has 1 atom stereocenters. The molecule has 2 aromatic rings. The van der Waals surface area contributed by atoms with Gasteiger partial charge in [-0.15, -0.1) is 0 Å². The summed E-state index contributed by atoms with van der Waals surface area (Å²) in [6, 6.07) is 13.8. The normalized spacial score (nSPS) is 17.4. The summed E-state index contributed by atoms with van der Waals surface area (Å²) >= 11 is 0. The molecule has 0 aromatic heterocycles. The molecule has 1 heterocycles. The van der Waals surface area contributed by atoms with Gasteiger partial charge in [0.15, 0.2) is 0 Å². The number of hydrogen-bond donors (Lipinski definition) is 1. The van der Waals surface area contributed by atoms with Crippen molar-refractivity contribution >= 4 is 21.7 Å². The maximum Gasteiger partial charge on any atom is 0.337 e. The van der Waals surface area contributed by atoms with E-state index in [1.807, 2.05) is 24.3 Å². The summed E-state index contributed by atoms with van der Waals surface area (Å²) in [4.78, 5) is 14.0. The van der Waals surface area contributed by atoms with E-state index in [4.69, 9.17) is 0 Å². The van der Waals surface area contributed by atoms with Crippen LogP contribution in [0.2, 0.25) is 0 Å². The molecule has 1 N–H and O–H groups in total. The smallest absolute Gasteiger partial charge is 0.337 e. The van der Waals surface area contributed by atoms with Crippen molar-refractivity contribution in [2.45, 2.75) is 31.2 Å². The lowest BCUT2D eigenvalue weighted by atomic mass is 9.99. The predicted octanol–water partition coefficient (Wildman–Crippen LogP) is 3.19. The Labute approximate surface area is 166 Å². The third-order valence-electron chi connectivity index (χ3n) is 4.99. The quantitative estimate of drug-likeness (QED) is 0.751. The van der Waals surface area contributed by atoms with E-state index in [1.54, 1.807) is 0 Å². The number of ether oxygens (including phenoxy) is 1. The standard InChI is InChI=1S/C21H26N2O4S/c1-16-5-4-12-23(15-16)19-10-8-17(9-11-19)14-22-28(25,26)20-7-3-6-18(13-20)21(24)27-2/h3,6-11,13,16,22H,4-5,12,14-15H2,1-2H3/t16-/m0/s1. The second-order valence-electron chi connectivity index (χ2n) is 7.20. The summed E-state index contributed by atoms with van der Waals surface area (Å²) in [5, 5.41) is 0. The highest BCUT2D eigenvalue weighted by Gasteiger charge is 2.18. The summed E-state index contributed by atoms with van der Waals surface area (Å²) in [7, 11) is -2.47. The lowest BCUT2D eigenvalue weighted by Gasteiger charge is -2.32. The van der Waals surface area contributed by atoms with E-state index in [2.05, 4.69) is 21.3 Å². The van der Waals surface area contributed by atoms with Crippen LogP contribution in [0.4, 0.5) is 5.69 Å². The van der Waals surface area contributed by atoms with Gasteiger partial charge in [0, 0.05) is 25.3 Å². The second-order valence-corrected chi connectivity index (χ2v) is 8.97. The van der Waals surface area contributed by atoms with Gasteiger partial charge in [-0.25, -0.2) is 17.9 Å². The van der Waals surface area contributed by atoms with Crippen LogP contribution in [0.25, 0.3) is 0 Å². The van der Waals surface area contributed by atoms with E-state index in [1.165, 1.54) is 49.9 Å². The fourth-order valence-electron chi connectivity index (χ4n) is 3.42.